The van der Waals surface area contributed by atoms with Gasteiger partial charge in [-0.2, -0.15) is 0 Å². The zero-order valence-electron chi connectivity index (χ0n) is 27.9. The van der Waals surface area contributed by atoms with E-state index in [-0.39, 0.29) is 11.6 Å². The van der Waals surface area contributed by atoms with Crippen molar-refractivity contribution in [3.8, 4) is 11.5 Å². The van der Waals surface area contributed by atoms with Gasteiger partial charge in [-0.25, -0.2) is 0 Å². The number of para-hydroxylation sites is 2. The molecule has 1 atom stereocenters. The maximum atomic E-state index is 13.7. The van der Waals surface area contributed by atoms with E-state index in [9.17, 15) is 14.4 Å². The number of anilines is 2. The number of carbonyl (C=O) groups excluding carboxylic acids is 3. The normalized spacial score (nSPS) is 11.6. The van der Waals surface area contributed by atoms with Crippen molar-refractivity contribution in [3.05, 3.63) is 156 Å². The predicted molar refractivity (Wildman–Crippen MR) is 200 cm³/mol. The van der Waals surface area contributed by atoms with E-state index >= 15 is 0 Å². The summed E-state index contributed by atoms with van der Waals surface area (Å²) < 4.78 is 11.6. The highest BCUT2D eigenvalue weighted by atomic mass is 32.2. The van der Waals surface area contributed by atoms with Crippen LogP contribution in [0.2, 0.25) is 0 Å². The number of carbonyl (C=O) groups is 3. The number of hydrogen-bond acceptors (Lipinski definition) is 6. The Kier molecular flexibility index (Phi) is 12.9. The molecule has 5 rings (SSSR count). The Balaban J connectivity index is 1.29. The van der Waals surface area contributed by atoms with E-state index in [1.54, 1.807) is 36.4 Å². The molecule has 9 heteroatoms. The van der Waals surface area contributed by atoms with E-state index in [1.165, 1.54) is 11.8 Å². The molecule has 8 nitrogen and oxygen atoms in total. The average Bonchev–Trinajstić information content (AvgIpc) is 3.15. The van der Waals surface area contributed by atoms with Crippen LogP contribution in [0, 0.1) is 0 Å². The van der Waals surface area contributed by atoms with Crippen LogP contribution in [0.4, 0.5) is 11.4 Å². The van der Waals surface area contributed by atoms with Crippen molar-refractivity contribution in [3.63, 3.8) is 0 Å². The molecule has 0 aromatic heterocycles. The van der Waals surface area contributed by atoms with Crippen molar-refractivity contribution in [1.29, 1.82) is 0 Å². The van der Waals surface area contributed by atoms with Crippen LogP contribution in [-0.4, -0.2) is 29.6 Å². The Morgan fingerprint density at radius 1 is 0.740 bits per heavy atom. The summed E-state index contributed by atoms with van der Waals surface area (Å²) in [4.78, 5) is 40.9. The lowest BCUT2D eigenvalue weighted by molar-refractivity contribution is -0.116. The van der Waals surface area contributed by atoms with Gasteiger partial charge in [-0.15, -0.1) is 11.8 Å². The lowest BCUT2D eigenvalue weighted by atomic mass is 10.1. The quantitative estimate of drug-likeness (QED) is 0.0753. The molecular formula is C41H39N3O5S. The monoisotopic (exact) mass is 685 g/mol. The van der Waals surface area contributed by atoms with Crippen molar-refractivity contribution in [2.45, 2.75) is 37.0 Å². The number of hydrogen-bond donors (Lipinski definition) is 3. The first-order valence-corrected chi connectivity index (χ1v) is 17.3. The van der Waals surface area contributed by atoms with Crippen LogP contribution in [0.15, 0.2) is 144 Å². The second-order valence-corrected chi connectivity index (χ2v) is 12.4. The minimum absolute atomic E-state index is 0.0636. The third-order valence-electron chi connectivity index (χ3n) is 7.45. The topological polar surface area (TPSA) is 106 Å². The van der Waals surface area contributed by atoms with E-state index in [2.05, 4.69) is 16.0 Å². The minimum Gasteiger partial charge on any atom is -0.492 e. The highest BCUT2D eigenvalue weighted by molar-refractivity contribution is 8.00. The van der Waals surface area contributed by atoms with Crippen molar-refractivity contribution < 1.29 is 23.9 Å². The Morgan fingerprint density at radius 3 is 2.16 bits per heavy atom. The summed E-state index contributed by atoms with van der Waals surface area (Å²) in [7, 11) is 0. The first kappa shape index (κ1) is 35.5. The van der Waals surface area contributed by atoms with Gasteiger partial charge >= 0.3 is 0 Å². The third kappa shape index (κ3) is 10.3. The van der Waals surface area contributed by atoms with Gasteiger partial charge < -0.3 is 25.4 Å². The van der Waals surface area contributed by atoms with Crippen LogP contribution >= 0.6 is 11.8 Å². The smallest absolute Gasteiger partial charge is 0.272 e. The van der Waals surface area contributed by atoms with E-state index < -0.39 is 17.1 Å². The maximum Gasteiger partial charge on any atom is 0.272 e. The van der Waals surface area contributed by atoms with Crippen LogP contribution in [-0.2, 0) is 16.2 Å². The number of ether oxygens (including phenoxy) is 2. The lowest BCUT2D eigenvalue weighted by Gasteiger charge is -2.17. The molecule has 0 spiro atoms. The van der Waals surface area contributed by atoms with Crippen LogP contribution < -0.4 is 25.4 Å². The van der Waals surface area contributed by atoms with Crippen molar-refractivity contribution >= 4 is 46.9 Å². The summed E-state index contributed by atoms with van der Waals surface area (Å²) in [5.41, 5.74) is 3.36. The highest BCUT2D eigenvalue weighted by Gasteiger charge is 2.20. The number of nitrogens with one attached hydrogen (secondary N) is 3. The average molecular weight is 686 g/mol. The molecule has 3 N–H and O–H groups in total. The Bertz CT molecular complexity index is 1910. The van der Waals surface area contributed by atoms with Gasteiger partial charge in [-0.3, -0.25) is 14.4 Å². The van der Waals surface area contributed by atoms with Crippen LogP contribution in [0.3, 0.4) is 0 Å². The molecule has 254 valence electrons. The fraction of sp³-hybridized carbons (Fsp3) is 0.146. The molecule has 50 heavy (non-hydrogen) atoms. The molecule has 3 amide bonds. The Labute approximate surface area is 296 Å². The zero-order valence-corrected chi connectivity index (χ0v) is 28.7. The number of benzene rings is 5. The first-order chi connectivity index (χ1) is 24.4. The summed E-state index contributed by atoms with van der Waals surface area (Å²) in [5, 5.41) is 8.29. The van der Waals surface area contributed by atoms with Crippen molar-refractivity contribution in [2.75, 3.05) is 17.2 Å². The van der Waals surface area contributed by atoms with E-state index in [4.69, 9.17) is 9.47 Å². The van der Waals surface area contributed by atoms with E-state index in [0.717, 1.165) is 10.5 Å². The van der Waals surface area contributed by atoms with Gasteiger partial charge in [0, 0.05) is 16.1 Å². The molecule has 0 radical (unpaired) electrons. The first-order valence-electron chi connectivity index (χ1n) is 16.4. The number of rotatable bonds is 15. The highest BCUT2D eigenvalue weighted by Crippen LogP contribution is 2.30. The standard InChI is InChI=1S/C41H39N3O5S/c1-3-38(41(47)43-35-20-11-12-21-37(35)48-4-2)50-34-19-13-18-32(27-34)42-40(46)36(44-39(45)31-16-9-6-10-17-31)26-29-22-24-33(25-23-29)49-28-30-14-7-5-8-15-30/h5-27,38H,3-4,28H2,1-2H3,(H,42,46)(H,43,47)(H,44,45)/b36-26+. The molecule has 0 bridgehead atoms. The van der Waals surface area contributed by atoms with Gasteiger partial charge in [-0.1, -0.05) is 85.8 Å². The van der Waals surface area contributed by atoms with Gasteiger partial charge in [-0.05, 0) is 85.1 Å². The molecule has 0 aliphatic carbocycles. The van der Waals surface area contributed by atoms with Crippen molar-refractivity contribution in [2.24, 2.45) is 0 Å². The Hall–Kier alpha value is -5.80. The summed E-state index contributed by atoms with van der Waals surface area (Å²) >= 11 is 1.40. The second kappa shape index (κ2) is 18.1. The molecule has 5 aromatic carbocycles. The molecule has 1 unspecified atom stereocenters. The number of amides is 3. The van der Waals surface area contributed by atoms with Gasteiger partial charge in [0.15, 0.2) is 0 Å². The van der Waals surface area contributed by atoms with Crippen LogP contribution in [0.25, 0.3) is 6.08 Å². The lowest BCUT2D eigenvalue weighted by Crippen LogP contribution is -2.30. The number of thioether (sulfide) groups is 1. The maximum absolute atomic E-state index is 13.7. The third-order valence-corrected chi connectivity index (χ3v) is 8.80. The minimum atomic E-state index is -0.502. The largest absolute Gasteiger partial charge is 0.492 e. The molecular weight excluding hydrogens is 647 g/mol. The second-order valence-electron chi connectivity index (χ2n) is 11.1. The Morgan fingerprint density at radius 2 is 1.44 bits per heavy atom. The zero-order chi connectivity index (χ0) is 35.1. The van der Waals surface area contributed by atoms with Crippen LogP contribution in [0.5, 0.6) is 11.5 Å². The summed E-state index contributed by atoms with van der Waals surface area (Å²) in [6, 6.07) is 40.5. The van der Waals surface area contributed by atoms with Gasteiger partial charge in [0.2, 0.25) is 5.91 Å². The predicted octanol–water partition coefficient (Wildman–Crippen LogP) is 8.58. The summed E-state index contributed by atoms with van der Waals surface area (Å²) in [6.07, 6.45) is 2.20. The molecule has 0 heterocycles. The van der Waals surface area contributed by atoms with E-state index in [0.29, 0.717) is 53.6 Å². The van der Waals surface area contributed by atoms with Gasteiger partial charge in [0.1, 0.15) is 23.8 Å². The summed E-state index contributed by atoms with van der Waals surface area (Å²) in [5.74, 6) is 0.227. The fourth-order valence-corrected chi connectivity index (χ4v) is 5.92. The van der Waals surface area contributed by atoms with Crippen LogP contribution in [0.1, 0.15) is 41.8 Å². The molecule has 5 aromatic rings. The van der Waals surface area contributed by atoms with E-state index in [1.807, 2.05) is 117 Å². The molecule has 0 saturated heterocycles. The van der Waals surface area contributed by atoms with Gasteiger partial charge in [0.05, 0.1) is 17.5 Å². The molecule has 0 aliphatic rings. The van der Waals surface area contributed by atoms with Gasteiger partial charge in [0.25, 0.3) is 11.8 Å². The SMILES string of the molecule is CCOc1ccccc1NC(=O)C(CC)Sc1cccc(NC(=O)/C(=C\c2ccc(OCc3ccccc3)cc2)NC(=O)c2ccccc2)c1. The fourth-order valence-electron chi connectivity index (χ4n) is 4.91. The van der Waals surface area contributed by atoms with Crippen molar-refractivity contribution in [1.82, 2.24) is 5.32 Å². The summed E-state index contributed by atoms with van der Waals surface area (Å²) in [6.45, 7) is 4.76. The molecule has 0 fully saturated rings. The molecule has 0 aliphatic heterocycles. The molecule has 0 saturated carbocycles.